The number of ketones is 1. The zero-order valence-electron chi connectivity index (χ0n) is 20.6. The molecule has 1 saturated heterocycles. The van der Waals surface area contributed by atoms with Gasteiger partial charge in [0, 0.05) is 6.54 Å². The molecular formula is C27H34N2O5. The van der Waals surface area contributed by atoms with E-state index >= 15 is 0 Å². The Balaban J connectivity index is 2.11. The van der Waals surface area contributed by atoms with E-state index < -0.39 is 17.7 Å². The maximum Gasteiger partial charge on any atom is 0.295 e. The molecule has 0 spiro atoms. The van der Waals surface area contributed by atoms with E-state index in [1.807, 2.05) is 19.9 Å². The van der Waals surface area contributed by atoms with Crippen LogP contribution in [-0.4, -0.2) is 65.0 Å². The number of benzene rings is 2. The lowest BCUT2D eigenvalue weighted by Gasteiger charge is -2.27. The number of amides is 1. The standard InChI is InChI=1S/C27H34N2O5/c1-6-28(7-2)12-9-13-29-24(19-10-8-11-20(16-19)34-5)23(26(32)27(29)33)25(31)21-14-17(3)18(4)15-22(21)30/h8,10-11,14-16,24,30-31H,6-7,9,12-13H2,1-5H3/t24-/m1/s1. The van der Waals surface area contributed by atoms with Gasteiger partial charge >= 0.3 is 0 Å². The van der Waals surface area contributed by atoms with E-state index in [0.29, 0.717) is 24.3 Å². The predicted octanol–water partition coefficient (Wildman–Crippen LogP) is 4.17. The van der Waals surface area contributed by atoms with Crippen LogP contribution in [0.3, 0.4) is 0 Å². The molecule has 182 valence electrons. The average molecular weight is 467 g/mol. The molecule has 2 N–H and O–H groups in total. The highest BCUT2D eigenvalue weighted by Crippen LogP contribution is 2.42. The van der Waals surface area contributed by atoms with E-state index in [0.717, 1.165) is 30.8 Å². The second kappa shape index (κ2) is 10.7. The lowest BCUT2D eigenvalue weighted by atomic mass is 9.93. The van der Waals surface area contributed by atoms with Crippen molar-refractivity contribution in [3.8, 4) is 11.5 Å². The van der Waals surface area contributed by atoms with Gasteiger partial charge in [-0.3, -0.25) is 9.59 Å². The van der Waals surface area contributed by atoms with E-state index in [1.165, 1.54) is 4.90 Å². The van der Waals surface area contributed by atoms with Gasteiger partial charge in [0.2, 0.25) is 0 Å². The Morgan fingerprint density at radius 1 is 1.09 bits per heavy atom. The maximum absolute atomic E-state index is 13.2. The molecule has 7 nitrogen and oxygen atoms in total. The van der Waals surface area contributed by atoms with Gasteiger partial charge in [-0.15, -0.1) is 0 Å². The van der Waals surface area contributed by atoms with E-state index in [1.54, 1.807) is 37.4 Å². The number of rotatable bonds is 9. The number of aryl methyl sites for hydroxylation is 2. The lowest BCUT2D eigenvalue weighted by Crippen LogP contribution is -2.33. The van der Waals surface area contributed by atoms with E-state index in [4.69, 9.17) is 4.74 Å². The SMILES string of the molecule is CCN(CC)CCCN1C(=O)C(=O)C(=C(O)c2cc(C)c(C)cc2O)[C@H]1c1cccc(OC)c1. The van der Waals surface area contributed by atoms with Crippen LogP contribution >= 0.6 is 0 Å². The first-order valence-corrected chi connectivity index (χ1v) is 11.7. The third kappa shape index (κ3) is 4.94. The minimum atomic E-state index is -0.784. The van der Waals surface area contributed by atoms with Crippen molar-refractivity contribution in [2.75, 3.05) is 33.3 Å². The fourth-order valence-corrected chi connectivity index (χ4v) is 4.41. The van der Waals surface area contributed by atoms with Crippen molar-refractivity contribution >= 4 is 17.4 Å². The number of carbonyl (C=O) groups excluding carboxylic acids is 2. The number of hydrogen-bond donors (Lipinski definition) is 2. The van der Waals surface area contributed by atoms with Crippen LogP contribution in [-0.2, 0) is 9.59 Å². The van der Waals surface area contributed by atoms with Crippen LogP contribution < -0.4 is 4.74 Å². The third-order valence-electron chi connectivity index (χ3n) is 6.58. The Hall–Kier alpha value is -3.32. The molecule has 0 unspecified atom stereocenters. The summed E-state index contributed by atoms with van der Waals surface area (Å²) in [6, 6.07) is 9.54. The summed E-state index contributed by atoms with van der Waals surface area (Å²) in [5.41, 5.74) is 2.48. The lowest BCUT2D eigenvalue weighted by molar-refractivity contribution is -0.140. The van der Waals surface area contributed by atoms with Gasteiger partial charge in [-0.2, -0.15) is 0 Å². The molecule has 0 bridgehead atoms. The fourth-order valence-electron chi connectivity index (χ4n) is 4.41. The molecule has 1 amide bonds. The molecule has 0 saturated carbocycles. The van der Waals surface area contributed by atoms with Crippen molar-refractivity contribution in [3.05, 3.63) is 64.2 Å². The second-order valence-corrected chi connectivity index (χ2v) is 8.60. The Labute approximate surface area is 201 Å². The molecule has 1 fully saturated rings. The average Bonchev–Trinajstić information content (AvgIpc) is 3.08. The van der Waals surface area contributed by atoms with Crippen molar-refractivity contribution in [1.29, 1.82) is 0 Å². The van der Waals surface area contributed by atoms with E-state index in [-0.39, 0.29) is 22.6 Å². The third-order valence-corrected chi connectivity index (χ3v) is 6.58. The number of Topliss-reactive ketones (excluding diaryl/α,β-unsaturated/α-hetero) is 1. The number of aliphatic hydroxyl groups is 1. The van der Waals surface area contributed by atoms with Crippen molar-refractivity contribution < 1.29 is 24.5 Å². The Kier molecular flexibility index (Phi) is 7.99. The Bertz CT molecular complexity index is 1100. The van der Waals surface area contributed by atoms with Crippen LogP contribution in [0.4, 0.5) is 0 Å². The minimum absolute atomic E-state index is 0.0281. The van der Waals surface area contributed by atoms with Crippen LogP contribution in [0, 0.1) is 13.8 Å². The topological polar surface area (TPSA) is 90.3 Å². The van der Waals surface area contributed by atoms with Gasteiger partial charge in [0.1, 0.15) is 17.3 Å². The molecule has 0 aliphatic carbocycles. The van der Waals surface area contributed by atoms with E-state index in [9.17, 15) is 19.8 Å². The first kappa shape index (κ1) is 25.3. The van der Waals surface area contributed by atoms with Crippen molar-refractivity contribution in [3.63, 3.8) is 0 Å². The molecule has 3 rings (SSSR count). The summed E-state index contributed by atoms with van der Waals surface area (Å²) in [5.74, 6) is -1.35. The second-order valence-electron chi connectivity index (χ2n) is 8.60. The number of nitrogens with zero attached hydrogens (tertiary/aromatic N) is 2. The highest BCUT2D eigenvalue weighted by molar-refractivity contribution is 6.46. The van der Waals surface area contributed by atoms with Crippen LogP contribution in [0.1, 0.15) is 48.6 Å². The largest absolute Gasteiger partial charge is 0.507 e. The molecule has 1 atom stereocenters. The first-order valence-electron chi connectivity index (χ1n) is 11.7. The number of phenolic OH excluding ortho intramolecular Hbond substituents is 1. The number of likely N-dealkylation sites (tertiary alicyclic amines) is 1. The molecule has 7 heteroatoms. The molecule has 1 aliphatic rings. The van der Waals surface area contributed by atoms with Gasteiger partial charge in [-0.1, -0.05) is 26.0 Å². The highest BCUT2D eigenvalue weighted by Gasteiger charge is 2.46. The monoisotopic (exact) mass is 466 g/mol. The summed E-state index contributed by atoms with van der Waals surface area (Å²) in [6.45, 7) is 10.8. The van der Waals surface area contributed by atoms with Crippen molar-refractivity contribution in [2.45, 2.75) is 40.2 Å². The van der Waals surface area contributed by atoms with Gasteiger partial charge in [-0.05, 0) is 80.9 Å². The normalized spacial score (nSPS) is 17.6. The van der Waals surface area contributed by atoms with Gasteiger partial charge in [0.05, 0.1) is 24.3 Å². The molecule has 2 aromatic rings. The number of phenols is 1. The molecule has 1 heterocycles. The van der Waals surface area contributed by atoms with Crippen molar-refractivity contribution in [1.82, 2.24) is 9.80 Å². The smallest absolute Gasteiger partial charge is 0.295 e. The Morgan fingerprint density at radius 2 is 1.76 bits per heavy atom. The molecule has 2 aromatic carbocycles. The zero-order valence-corrected chi connectivity index (χ0v) is 20.6. The number of ether oxygens (including phenoxy) is 1. The molecular weight excluding hydrogens is 432 g/mol. The number of hydrogen-bond acceptors (Lipinski definition) is 6. The van der Waals surface area contributed by atoms with Crippen LogP contribution in [0.2, 0.25) is 0 Å². The fraction of sp³-hybridized carbons (Fsp3) is 0.407. The van der Waals surface area contributed by atoms with Gasteiger partial charge in [-0.25, -0.2) is 0 Å². The predicted molar refractivity (Wildman–Crippen MR) is 132 cm³/mol. The summed E-state index contributed by atoms with van der Waals surface area (Å²) in [6.07, 6.45) is 0.685. The summed E-state index contributed by atoms with van der Waals surface area (Å²) in [4.78, 5) is 30.1. The highest BCUT2D eigenvalue weighted by atomic mass is 16.5. The molecule has 0 aromatic heterocycles. The molecule has 1 aliphatic heterocycles. The van der Waals surface area contributed by atoms with Gasteiger partial charge in [0.25, 0.3) is 11.7 Å². The summed E-state index contributed by atoms with van der Waals surface area (Å²) >= 11 is 0. The number of aliphatic hydroxyl groups excluding tert-OH is 1. The summed E-state index contributed by atoms with van der Waals surface area (Å²) < 4.78 is 5.36. The Morgan fingerprint density at radius 3 is 2.41 bits per heavy atom. The number of carbonyl (C=O) groups is 2. The minimum Gasteiger partial charge on any atom is -0.507 e. The number of aromatic hydroxyl groups is 1. The van der Waals surface area contributed by atoms with Gasteiger partial charge < -0.3 is 24.7 Å². The van der Waals surface area contributed by atoms with Crippen LogP contribution in [0.25, 0.3) is 5.76 Å². The molecule has 0 radical (unpaired) electrons. The van der Waals surface area contributed by atoms with E-state index in [2.05, 4.69) is 18.7 Å². The number of methoxy groups -OCH3 is 1. The maximum atomic E-state index is 13.2. The van der Waals surface area contributed by atoms with Crippen molar-refractivity contribution in [2.24, 2.45) is 0 Å². The quantitative estimate of drug-likeness (QED) is 0.328. The van der Waals surface area contributed by atoms with Gasteiger partial charge in [0.15, 0.2) is 0 Å². The molecule has 34 heavy (non-hydrogen) atoms. The van der Waals surface area contributed by atoms with Crippen LogP contribution in [0.5, 0.6) is 11.5 Å². The summed E-state index contributed by atoms with van der Waals surface area (Å²) in [5, 5.41) is 21.8. The van der Waals surface area contributed by atoms with Crippen LogP contribution in [0.15, 0.2) is 42.0 Å². The first-order chi connectivity index (χ1) is 16.2. The zero-order chi connectivity index (χ0) is 25.0. The summed E-state index contributed by atoms with van der Waals surface area (Å²) in [7, 11) is 1.55.